The summed E-state index contributed by atoms with van der Waals surface area (Å²) >= 11 is 0. The van der Waals surface area contributed by atoms with E-state index in [4.69, 9.17) is 0 Å². The number of carbonyl (C=O) groups is 1. The minimum absolute atomic E-state index is 0.0777. The maximum Gasteiger partial charge on any atom is 0.201 e. The van der Waals surface area contributed by atoms with Crippen LogP contribution < -0.4 is 0 Å². The second kappa shape index (κ2) is 4.89. The Balaban J connectivity index is 2.64. The molecule has 0 radical (unpaired) electrons. The molecule has 3 N–H and O–H groups in total. The molecule has 0 amide bonds. The largest absolute Gasteiger partial charge is 0.508 e. The molecule has 0 aromatic heterocycles. The van der Waals surface area contributed by atoms with Crippen LogP contribution in [0.25, 0.3) is 0 Å². The van der Waals surface area contributed by atoms with Gasteiger partial charge in [0.2, 0.25) is 5.78 Å². The van der Waals surface area contributed by atoms with Crippen molar-refractivity contribution in [2.24, 2.45) is 0 Å². The Labute approximate surface area is 116 Å². The van der Waals surface area contributed by atoms with Gasteiger partial charge in [-0.3, -0.25) is 4.79 Å². The Morgan fingerprint density at radius 3 is 1.70 bits per heavy atom. The number of ketones is 1. The van der Waals surface area contributed by atoms with Crippen molar-refractivity contribution in [2.75, 3.05) is 0 Å². The number of phenolic OH excluding ortho intramolecular Hbond substituents is 3. The van der Waals surface area contributed by atoms with Crippen molar-refractivity contribution in [3.05, 3.63) is 52.1 Å². The number of rotatable bonds is 2. The van der Waals surface area contributed by atoms with Crippen LogP contribution in [0.5, 0.6) is 17.2 Å². The topological polar surface area (TPSA) is 77.8 Å². The standard InChI is InChI=1S/C16H16O4/c1-8-4-12(18)15(13(19)5-8)16(20)14-9(2)6-11(17)7-10(14)3/h4-7,17-19H,1-3H3. The van der Waals surface area contributed by atoms with Gasteiger partial charge < -0.3 is 15.3 Å². The monoisotopic (exact) mass is 272 g/mol. The normalized spacial score (nSPS) is 10.6. The first-order valence-electron chi connectivity index (χ1n) is 6.18. The Kier molecular flexibility index (Phi) is 3.40. The Morgan fingerprint density at radius 1 is 0.800 bits per heavy atom. The molecule has 0 spiro atoms. The smallest absolute Gasteiger partial charge is 0.201 e. The maximum atomic E-state index is 12.6. The third-order valence-corrected chi connectivity index (χ3v) is 3.21. The molecule has 2 rings (SSSR count). The Hall–Kier alpha value is -2.49. The van der Waals surface area contributed by atoms with E-state index in [0.29, 0.717) is 22.3 Å². The molecule has 0 bridgehead atoms. The van der Waals surface area contributed by atoms with Crippen LogP contribution in [0.1, 0.15) is 32.6 Å². The summed E-state index contributed by atoms with van der Waals surface area (Å²) in [7, 11) is 0. The van der Waals surface area contributed by atoms with Gasteiger partial charge in [0.1, 0.15) is 22.8 Å². The van der Waals surface area contributed by atoms with Gasteiger partial charge in [0.15, 0.2) is 0 Å². The van der Waals surface area contributed by atoms with Crippen molar-refractivity contribution in [1.29, 1.82) is 0 Å². The third kappa shape index (κ3) is 2.32. The lowest BCUT2D eigenvalue weighted by molar-refractivity contribution is 0.103. The van der Waals surface area contributed by atoms with Gasteiger partial charge >= 0.3 is 0 Å². The fourth-order valence-electron chi connectivity index (χ4n) is 2.40. The van der Waals surface area contributed by atoms with E-state index >= 15 is 0 Å². The predicted molar refractivity (Wildman–Crippen MR) is 75.5 cm³/mol. The summed E-state index contributed by atoms with van der Waals surface area (Å²) < 4.78 is 0. The molecule has 20 heavy (non-hydrogen) atoms. The highest BCUT2D eigenvalue weighted by Gasteiger charge is 2.22. The summed E-state index contributed by atoms with van der Waals surface area (Å²) in [5, 5.41) is 29.3. The summed E-state index contributed by atoms with van der Waals surface area (Å²) in [6.45, 7) is 5.11. The van der Waals surface area contributed by atoms with E-state index in [1.807, 2.05) is 0 Å². The van der Waals surface area contributed by atoms with Crippen molar-refractivity contribution in [2.45, 2.75) is 20.8 Å². The molecule has 0 aliphatic carbocycles. The van der Waals surface area contributed by atoms with E-state index in [-0.39, 0.29) is 22.8 Å². The molecule has 2 aromatic rings. The average Bonchev–Trinajstić information content (AvgIpc) is 2.25. The second-order valence-electron chi connectivity index (χ2n) is 4.96. The summed E-state index contributed by atoms with van der Waals surface area (Å²) in [6.07, 6.45) is 0. The van der Waals surface area contributed by atoms with Crippen molar-refractivity contribution in [3.8, 4) is 17.2 Å². The molecule has 2 aromatic carbocycles. The molecule has 0 aliphatic rings. The zero-order valence-corrected chi connectivity index (χ0v) is 11.6. The fourth-order valence-corrected chi connectivity index (χ4v) is 2.40. The summed E-state index contributed by atoms with van der Waals surface area (Å²) in [5.74, 6) is -0.886. The summed E-state index contributed by atoms with van der Waals surface area (Å²) in [5.41, 5.74) is 2.10. The highest BCUT2D eigenvalue weighted by molar-refractivity contribution is 6.14. The van der Waals surface area contributed by atoms with Crippen molar-refractivity contribution >= 4 is 5.78 Å². The molecule has 4 heteroatoms. The van der Waals surface area contributed by atoms with Gasteiger partial charge in [0, 0.05) is 5.56 Å². The number of benzene rings is 2. The van der Waals surface area contributed by atoms with Crippen LogP contribution in [-0.2, 0) is 0 Å². The maximum absolute atomic E-state index is 12.6. The second-order valence-corrected chi connectivity index (χ2v) is 4.96. The van der Waals surface area contributed by atoms with E-state index in [1.165, 1.54) is 24.3 Å². The van der Waals surface area contributed by atoms with E-state index in [1.54, 1.807) is 20.8 Å². The van der Waals surface area contributed by atoms with Crippen LogP contribution >= 0.6 is 0 Å². The Bertz CT molecular complexity index is 596. The van der Waals surface area contributed by atoms with Gasteiger partial charge in [-0.1, -0.05) is 0 Å². The SMILES string of the molecule is Cc1cc(O)c(C(=O)c2c(C)cc(O)cc2C)c(O)c1. The van der Waals surface area contributed by atoms with E-state index < -0.39 is 5.78 Å². The molecule has 0 fully saturated rings. The van der Waals surface area contributed by atoms with Gasteiger partial charge in [0.05, 0.1) is 0 Å². The van der Waals surface area contributed by atoms with Crippen LogP contribution in [0, 0.1) is 20.8 Å². The van der Waals surface area contributed by atoms with E-state index in [9.17, 15) is 20.1 Å². The number of hydrogen-bond donors (Lipinski definition) is 3. The minimum Gasteiger partial charge on any atom is -0.508 e. The number of aromatic hydroxyl groups is 3. The molecule has 104 valence electrons. The van der Waals surface area contributed by atoms with Crippen LogP contribution in [0.15, 0.2) is 24.3 Å². The molecule has 0 atom stereocenters. The molecule has 0 aliphatic heterocycles. The molecule has 0 heterocycles. The van der Waals surface area contributed by atoms with Gasteiger partial charge in [-0.2, -0.15) is 0 Å². The lowest BCUT2D eigenvalue weighted by Gasteiger charge is -2.12. The van der Waals surface area contributed by atoms with Crippen molar-refractivity contribution in [1.82, 2.24) is 0 Å². The first-order valence-corrected chi connectivity index (χ1v) is 6.18. The number of aryl methyl sites for hydroxylation is 3. The highest BCUT2D eigenvalue weighted by Crippen LogP contribution is 2.33. The number of carbonyl (C=O) groups excluding carboxylic acids is 1. The summed E-state index contributed by atoms with van der Waals surface area (Å²) in [6, 6.07) is 5.81. The van der Waals surface area contributed by atoms with Crippen LogP contribution in [-0.4, -0.2) is 21.1 Å². The predicted octanol–water partition coefficient (Wildman–Crippen LogP) is 2.96. The lowest BCUT2D eigenvalue weighted by atomic mass is 9.93. The van der Waals surface area contributed by atoms with Crippen LogP contribution in [0.3, 0.4) is 0 Å². The number of hydrogen-bond acceptors (Lipinski definition) is 4. The first kappa shape index (κ1) is 13.9. The van der Waals surface area contributed by atoms with Gasteiger partial charge in [-0.15, -0.1) is 0 Å². The molecule has 0 saturated carbocycles. The van der Waals surface area contributed by atoms with Gasteiger partial charge in [0.25, 0.3) is 0 Å². The summed E-state index contributed by atoms with van der Waals surface area (Å²) in [4.78, 5) is 12.6. The zero-order valence-electron chi connectivity index (χ0n) is 11.6. The lowest BCUT2D eigenvalue weighted by Crippen LogP contribution is -2.07. The molecule has 4 nitrogen and oxygen atoms in total. The average molecular weight is 272 g/mol. The first-order chi connectivity index (χ1) is 9.31. The molecular weight excluding hydrogens is 256 g/mol. The molecular formula is C16H16O4. The molecule has 0 saturated heterocycles. The van der Waals surface area contributed by atoms with Gasteiger partial charge in [-0.25, -0.2) is 0 Å². The van der Waals surface area contributed by atoms with Crippen LogP contribution in [0.4, 0.5) is 0 Å². The van der Waals surface area contributed by atoms with Crippen molar-refractivity contribution in [3.63, 3.8) is 0 Å². The quantitative estimate of drug-likeness (QED) is 0.734. The van der Waals surface area contributed by atoms with Crippen LogP contribution in [0.2, 0.25) is 0 Å². The van der Waals surface area contributed by atoms with Crippen molar-refractivity contribution < 1.29 is 20.1 Å². The Morgan fingerprint density at radius 2 is 1.25 bits per heavy atom. The molecule has 0 unspecified atom stereocenters. The zero-order chi connectivity index (χ0) is 15.0. The van der Waals surface area contributed by atoms with E-state index in [2.05, 4.69) is 0 Å². The third-order valence-electron chi connectivity index (χ3n) is 3.21. The van der Waals surface area contributed by atoms with E-state index in [0.717, 1.165) is 0 Å². The highest BCUT2D eigenvalue weighted by atomic mass is 16.3. The van der Waals surface area contributed by atoms with Gasteiger partial charge in [-0.05, 0) is 61.7 Å². The fraction of sp³-hybridized carbons (Fsp3) is 0.188. The minimum atomic E-state index is -0.463. The number of phenols is 3.